The van der Waals surface area contributed by atoms with Crippen molar-refractivity contribution < 1.29 is 14.3 Å². The van der Waals surface area contributed by atoms with E-state index in [0.29, 0.717) is 5.76 Å². The topological polar surface area (TPSA) is 42.6 Å². The van der Waals surface area contributed by atoms with Crippen LogP contribution in [0.4, 0.5) is 0 Å². The molecule has 14 heavy (non-hydrogen) atoms. The summed E-state index contributed by atoms with van der Waals surface area (Å²) in [5, 5.41) is 10.0. The first kappa shape index (κ1) is 9.74. The fourth-order valence-corrected chi connectivity index (χ4v) is 1.88. The van der Waals surface area contributed by atoms with Gasteiger partial charge in [-0.2, -0.15) is 0 Å². The van der Waals surface area contributed by atoms with E-state index in [9.17, 15) is 5.11 Å². The summed E-state index contributed by atoms with van der Waals surface area (Å²) in [7, 11) is 0. The first-order chi connectivity index (χ1) is 6.77. The molecule has 1 atom stereocenters. The van der Waals surface area contributed by atoms with Gasteiger partial charge in [-0.05, 0) is 37.8 Å². The molecule has 1 fully saturated rings. The van der Waals surface area contributed by atoms with Gasteiger partial charge in [0.15, 0.2) is 0 Å². The highest BCUT2D eigenvalue weighted by molar-refractivity contribution is 5.09. The highest BCUT2D eigenvalue weighted by Gasteiger charge is 2.25. The Bertz CT molecular complexity index is 286. The van der Waals surface area contributed by atoms with Gasteiger partial charge in [-0.25, -0.2) is 0 Å². The van der Waals surface area contributed by atoms with Crippen LogP contribution < -0.4 is 0 Å². The van der Waals surface area contributed by atoms with E-state index in [2.05, 4.69) is 0 Å². The summed E-state index contributed by atoms with van der Waals surface area (Å²) >= 11 is 0. The highest BCUT2D eigenvalue weighted by Crippen LogP contribution is 2.30. The van der Waals surface area contributed by atoms with Crippen molar-refractivity contribution in [2.75, 3.05) is 13.2 Å². The molecule has 0 saturated carbocycles. The number of aliphatic hydroxyl groups excluding tert-OH is 1. The molecule has 0 aliphatic carbocycles. The molecule has 2 rings (SSSR count). The number of rotatable bonds is 2. The van der Waals surface area contributed by atoms with Crippen LogP contribution in [0.2, 0.25) is 0 Å². The van der Waals surface area contributed by atoms with Crippen molar-refractivity contribution in [3.05, 3.63) is 23.7 Å². The van der Waals surface area contributed by atoms with Gasteiger partial charge >= 0.3 is 0 Å². The third-order valence-electron chi connectivity index (χ3n) is 2.77. The van der Waals surface area contributed by atoms with Gasteiger partial charge in [0.05, 0.1) is 0 Å². The Morgan fingerprint density at radius 1 is 1.36 bits per heavy atom. The van der Waals surface area contributed by atoms with E-state index in [4.69, 9.17) is 9.15 Å². The molecule has 0 radical (unpaired) electrons. The van der Waals surface area contributed by atoms with Crippen LogP contribution in [0.5, 0.6) is 0 Å². The molecule has 1 aromatic rings. The molecule has 1 saturated heterocycles. The lowest BCUT2D eigenvalue weighted by molar-refractivity contribution is -0.00134. The average molecular weight is 196 g/mol. The SMILES string of the molecule is Cc1ccc([C@@H](O)C2CCOCC2)o1. The quantitative estimate of drug-likeness (QED) is 0.787. The van der Waals surface area contributed by atoms with E-state index >= 15 is 0 Å². The van der Waals surface area contributed by atoms with Crippen LogP contribution in [0.1, 0.15) is 30.5 Å². The van der Waals surface area contributed by atoms with E-state index in [1.54, 1.807) is 0 Å². The summed E-state index contributed by atoms with van der Waals surface area (Å²) in [6.07, 6.45) is 1.37. The van der Waals surface area contributed by atoms with Gasteiger partial charge < -0.3 is 14.3 Å². The zero-order chi connectivity index (χ0) is 9.97. The van der Waals surface area contributed by atoms with Crippen LogP contribution in [-0.2, 0) is 4.74 Å². The second-order valence-corrected chi connectivity index (χ2v) is 3.84. The Morgan fingerprint density at radius 2 is 2.07 bits per heavy atom. The summed E-state index contributed by atoms with van der Waals surface area (Å²) in [5.74, 6) is 1.83. The molecule has 2 heterocycles. The predicted molar refractivity (Wildman–Crippen MR) is 51.9 cm³/mol. The Hall–Kier alpha value is -0.800. The van der Waals surface area contributed by atoms with Gasteiger partial charge in [0.1, 0.15) is 17.6 Å². The minimum atomic E-state index is -0.465. The van der Waals surface area contributed by atoms with Crippen LogP contribution in [-0.4, -0.2) is 18.3 Å². The van der Waals surface area contributed by atoms with E-state index in [1.807, 2.05) is 19.1 Å². The maximum Gasteiger partial charge on any atom is 0.132 e. The van der Waals surface area contributed by atoms with E-state index in [0.717, 1.165) is 31.8 Å². The second-order valence-electron chi connectivity index (χ2n) is 3.84. The number of ether oxygens (including phenoxy) is 1. The molecule has 1 aromatic heterocycles. The maximum absolute atomic E-state index is 10.0. The second kappa shape index (κ2) is 4.15. The largest absolute Gasteiger partial charge is 0.464 e. The number of aliphatic hydroxyl groups is 1. The summed E-state index contributed by atoms with van der Waals surface area (Å²) in [6, 6.07) is 3.74. The Labute approximate surface area is 83.7 Å². The molecular weight excluding hydrogens is 180 g/mol. The van der Waals surface area contributed by atoms with Gasteiger partial charge in [-0.1, -0.05) is 0 Å². The fourth-order valence-electron chi connectivity index (χ4n) is 1.88. The molecule has 3 nitrogen and oxygen atoms in total. The molecular formula is C11H16O3. The van der Waals surface area contributed by atoms with E-state index < -0.39 is 6.10 Å². The Kier molecular flexibility index (Phi) is 2.89. The van der Waals surface area contributed by atoms with Crippen molar-refractivity contribution in [2.45, 2.75) is 25.9 Å². The number of aryl methyl sites for hydroxylation is 1. The van der Waals surface area contributed by atoms with Gasteiger partial charge in [-0.3, -0.25) is 0 Å². The average Bonchev–Trinajstić information content (AvgIpc) is 2.65. The van der Waals surface area contributed by atoms with Crippen molar-refractivity contribution in [2.24, 2.45) is 5.92 Å². The zero-order valence-electron chi connectivity index (χ0n) is 8.40. The smallest absolute Gasteiger partial charge is 0.132 e. The Balaban J connectivity index is 2.03. The first-order valence-electron chi connectivity index (χ1n) is 5.09. The third kappa shape index (κ3) is 1.99. The molecule has 1 aliphatic heterocycles. The minimum Gasteiger partial charge on any atom is -0.464 e. The van der Waals surface area contributed by atoms with Crippen LogP contribution in [0, 0.1) is 12.8 Å². The maximum atomic E-state index is 10.0. The number of furan rings is 1. The van der Waals surface area contributed by atoms with Gasteiger partial charge in [0.25, 0.3) is 0 Å². The molecule has 3 heteroatoms. The molecule has 1 N–H and O–H groups in total. The molecule has 1 aliphatic rings. The Morgan fingerprint density at radius 3 is 2.64 bits per heavy atom. The lowest BCUT2D eigenvalue weighted by Gasteiger charge is -2.25. The monoisotopic (exact) mass is 196 g/mol. The summed E-state index contributed by atoms with van der Waals surface area (Å²) in [4.78, 5) is 0. The lowest BCUT2D eigenvalue weighted by atomic mass is 9.92. The standard InChI is InChI=1S/C11H16O3/c1-8-2-3-10(14-8)11(12)9-4-6-13-7-5-9/h2-3,9,11-12H,4-7H2,1H3/t11-/m0/s1. The molecule has 0 unspecified atom stereocenters. The van der Waals surface area contributed by atoms with Crippen molar-refractivity contribution in [3.63, 3.8) is 0 Å². The predicted octanol–water partition coefficient (Wildman–Crippen LogP) is 2.05. The molecule has 0 spiro atoms. The van der Waals surface area contributed by atoms with Crippen LogP contribution in [0.25, 0.3) is 0 Å². The zero-order valence-corrected chi connectivity index (χ0v) is 8.40. The summed E-state index contributed by atoms with van der Waals surface area (Å²) < 4.78 is 10.7. The van der Waals surface area contributed by atoms with Crippen LogP contribution >= 0.6 is 0 Å². The van der Waals surface area contributed by atoms with Gasteiger partial charge in [0, 0.05) is 13.2 Å². The van der Waals surface area contributed by atoms with Crippen molar-refractivity contribution in [1.29, 1.82) is 0 Å². The van der Waals surface area contributed by atoms with Gasteiger partial charge in [0.2, 0.25) is 0 Å². The molecule has 78 valence electrons. The minimum absolute atomic E-state index is 0.286. The third-order valence-corrected chi connectivity index (χ3v) is 2.77. The number of hydrogen-bond donors (Lipinski definition) is 1. The summed E-state index contributed by atoms with van der Waals surface area (Å²) in [5.41, 5.74) is 0. The van der Waals surface area contributed by atoms with Crippen molar-refractivity contribution in [1.82, 2.24) is 0 Å². The fraction of sp³-hybridized carbons (Fsp3) is 0.636. The van der Waals surface area contributed by atoms with Crippen molar-refractivity contribution >= 4 is 0 Å². The lowest BCUT2D eigenvalue weighted by Crippen LogP contribution is -2.21. The summed E-state index contributed by atoms with van der Waals surface area (Å²) in [6.45, 7) is 3.39. The normalized spacial score (nSPS) is 21.0. The number of hydrogen-bond acceptors (Lipinski definition) is 3. The highest BCUT2D eigenvalue weighted by atomic mass is 16.5. The van der Waals surface area contributed by atoms with Crippen LogP contribution in [0.15, 0.2) is 16.5 Å². The van der Waals surface area contributed by atoms with Gasteiger partial charge in [-0.15, -0.1) is 0 Å². The van der Waals surface area contributed by atoms with E-state index in [1.165, 1.54) is 0 Å². The molecule has 0 aromatic carbocycles. The van der Waals surface area contributed by atoms with Crippen LogP contribution in [0.3, 0.4) is 0 Å². The first-order valence-corrected chi connectivity index (χ1v) is 5.09. The van der Waals surface area contributed by atoms with E-state index in [-0.39, 0.29) is 5.92 Å². The molecule has 0 bridgehead atoms. The van der Waals surface area contributed by atoms with Crippen molar-refractivity contribution in [3.8, 4) is 0 Å². The molecule has 0 amide bonds.